The van der Waals surface area contributed by atoms with Crippen LogP contribution in [0.15, 0.2) is 0 Å². The number of ether oxygens (including phenoxy) is 1. The maximum atomic E-state index is 11.7. The van der Waals surface area contributed by atoms with Crippen LogP contribution in [0.2, 0.25) is 0 Å². The van der Waals surface area contributed by atoms with E-state index in [1.54, 1.807) is 0 Å². The molecule has 16 heavy (non-hydrogen) atoms. The fraction of sp³-hybridized carbons (Fsp3) is 0.917. The van der Waals surface area contributed by atoms with E-state index in [0.29, 0.717) is 12.5 Å². The number of carbonyl (C=O) groups is 1. The normalized spacial score (nSPS) is 19.8. The first-order chi connectivity index (χ1) is 7.53. The van der Waals surface area contributed by atoms with E-state index in [4.69, 9.17) is 10.5 Å². The SMILES string of the molecule is CCCNC(COC(C)C)(C(N)=O)C1CC1. The Kier molecular flexibility index (Phi) is 4.74. The summed E-state index contributed by atoms with van der Waals surface area (Å²) in [7, 11) is 0. The van der Waals surface area contributed by atoms with Crippen LogP contribution < -0.4 is 11.1 Å². The second-order valence-electron chi connectivity index (χ2n) is 4.90. The van der Waals surface area contributed by atoms with Gasteiger partial charge in [0.25, 0.3) is 0 Å². The molecule has 4 nitrogen and oxygen atoms in total. The number of hydrogen-bond donors (Lipinski definition) is 2. The zero-order chi connectivity index (χ0) is 12.2. The van der Waals surface area contributed by atoms with Gasteiger partial charge in [0, 0.05) is 0 Å². The summed E-state index contributed by atoms with van der Waals surface area (Å²) in [5, 5.41) is 3.30. The molecular formula is C12H24N2O2. The topological polar surface area (TPSA) is 64.3 Å². The third-order valence-corrected chi connectivity index (χ3v) is 3.05. The Bertz CT molecular complexity index is 239. The van der Waals surface area contributed by atoms with Gasteiger partial charge in [0.15, 0.2) is 0 Å². The molecule has 4 heteroatoms. The standard InChI is InChI=1S/C12H24N2O2/c1-4-7-14-12(11(13)15,10-5-6-10)8-16-9(2)3/h9-10,14H,4-8H2,1-3H3,(H2,13,15). The summed E-state index contributed by atoms with van der Waals surface area (Å²) in [5.41, 5.74) is 4.92. The van der Waals surface area contributed by atoms with E-state index < -0.39 is 5.54 Å². The second-order valence-corrected chi connectivity index (χ2v) is 4.90. The fourth-order valence-corrected chi connectivity index (χ4v) is 1.89. The number of nitrogens with one attached hydrogen (secondary N) is 1. The maximum absolute atomic E-state index is 11.7. The van der Waals surface area contributed by atoms with Crippen molar-refractivity contribution in [1.82, 2.24) is 5.32 Å². The van der Waals surface area contributed by atoms with Crippen molar-refractivity contribution in [3.8, 4) is 0 Å². The van der Waals surface area contributed by atoms with E-state index in [1.165, 1.54) is 0 Å². The van der Waals surface area contributed by atoms with Crippen LogP contribution in [-0.4, -0.2) is 30.7 Å². The van der Waals surface area contributed by atoms with Crippen LogP contribution in [0.5, 0.6) is 0 Å². The zero-order valence-electron chi connectivity index (χ0n) is 10.6. The van der Waals surface area contributed by atoms with Crippen molar-refractivity contribution >= 4 is 5.91 Å². The molecule has 1 atom stereocenters. The zero-order valence-corrected chi connectivity index (χ0v) is 10.6. The molecular weight excluding hydrogens is 204 g/mol. The van der Waals surface area contributed by atoms with E-state index in [1.807, 2.05) is 13.8 Å². The van der Waals surface area contributed by atoms with Gasteiger partial charge in [-0.3, -0.25) is 4.79 Å². The number of nitrogens with two attached hydrogens (primary N) is 1. The van der Waals surface area contributed by atoms with Gasteiger partial charge in [-0.05, 0) is 45.6 Å². The van der Waals surface area contributed by atoms with Crippen LogP contribution in [0.4, 0.5) is 0 Å². The number of hydrogen-bond acceptors (Lipinski definition) is 3. The quantitative estimate of drug-likeness (QED) is 0.652. The summed E-state index contributed by atoms with van der Waals surface area (Å²) in [6, 6.07) is 0. The van der Waals surface area contributed by atoms with Crippen LogP contribution in [0.1, 0.15) is 40.0 Å². The van der Waals surface area contributed by atoms with Gasteiger partial charge in [-0.25, -0.2) is 0 Å². The Morgan fingerprint density at radius 2 is 2.19 bits per heavy atom. The lowest BCUT2D eigenvalue weighted by Crippen LogP contribution is -2.60. The van der Waals surface area contributed by atoms with Gasteiger partial charge in [-0.1, -0.05) is 6.92 Å². The van der Waals surface area contributed by atoms with Crippen molar-refractivity contribution in [2.75, 3.05) is 13.2 Å². The monoisotopic (exact) mass is 228 g/mol. The minimum Gasteiger partial charge on any atom is -0.376 e. The summed E-state index contributed by atoms with van der Waals surface area (Å²) in [6.45, 7) is 7.22. The number of rotatable bonds is 8. The molecule has 0 saturated heterocycles. The molecule has 0 aromatic rings. The minimum atomic E-state index is -0.639. The van der Waals surface area contributed by atoms with Crippen LogP contribution in [-0.2, 0) is 9.53 Å². The van der Waals surface area contributed by atoms with Gasteiger partial charge in [0.2, 0.25) is 5.91 Å². The molecule has 1 amide bonds. The smallest absolute Gasteiger partial charge is 0.240 e. The fourth-order valence-electron chi connectivity index (χ4n) is 1.89. The Hall–Kier alpha value is -0.610. The van der Waals surface area contributed by atoms with Crippen molar-refractivity contribution < 1.29 is 9.53 Å². The maximum Gasteiger partial charge on any atom is 0.240 e. The molecule has 0 bridgehead atoms. The predicted octanol–water partition coefficient (Wildman–Crippen LogP) is 1.05. The van der Waals surface area contributed by atoms with E-state index >= 15 is 0 Å². The molecule has 0 radical (unpaired) electrons. The summed E-state index contributed by atoms with van der Waals surface area (Å²) in [5.74, 6) is 0.0828. The van der Waals surface area contributed by atoms with Gasteiger partial charge in [-0.15, -0.1) is 0 Å². The first kappa shape index (κ1) is 13.5. The largest absolute Gasteiger partial charge is 0.376 e. The predicted molar refractivity (Wildman–Crippen MR) is 64.0 cm³/mol. The third kappa shape index (κ3) is 3.19. The summed E-state index contributed by atoms with van der Waals surface area (Å²) < 4.78 is 5.60. The minimum absolute atomic E-state index is 0.126. The lowest BCUT2D eigenvalue weighted by molar-refractivity contribution is -0.129. The molecule has 1 aliphatic carbocycles. The molecule has 0 aromatic carbocycles. The van der Waals surface area contributed by atoms with Crippen LogP contribution in [0.25, 0.3) is 0 Å². The van der Waals surface area contributed by atoms with Gasteiger partial charge in [-0.2, -0.15) is 0 Å². The van der Waals surface area contributed by atoms with Crippen molar-refractivity contribution in [2.45, 2.75) is 51.7 Å². The Labute approximate surface area is 97.9 Å². The first-order valence-electron chi connectivity index (χ1n) is 6.19. The third-order valence-electron chi connectivity index (χ3n) is 3.05. The first-order valence-corrected chi connectivity index (χ1v) is 6.19. The number of primary amides is 1. The molecule has 1 rings (SSSR count). The number of amides is 1. The summed E-state index contributed by atoms with van der Waals surface area (Å²) >= 11 is 0. The highest BCUT2D eigenvalue weighted by atomic mass is 16.5. The Morgan fingerprint density at radius 1 is 1.56 bits per heavy atom. The van der Waals surface area contributed by atoms with E-state index in [-0.39, 0.29) is 12.0 Å². The van der Waals surface area contributed by atoms with Crippen LogP contribution in [0, 0.1) is 5.92 Å². The van der Waals surface area contributed by atoms with Crippen molar-refractivity contribution in [3.63, 3.8) is 0 Å². The van der Waals surface area contributed by atoms with Crippen molar-refractivity contribution in [1.29, 1.82) is 0 Å². The summed E-state index contributed by atoms with van der Waals surface area (Å²) in [6.07, 6.45) is 3.26. The molecule has 1 aliphatic rings. The molecule has 1 saturated carbocycles. The highest BCUT2D eigenvalue weighted by Crippen LogP contribution is 2.40. The van der Waals surface area contributed by atoms with Crippen LogP contribution >= 0.6 is 0 Å². The van der Waals surface area contributed by atoms with Crippen molar-refractivity contribution in [2.24, 2.45) is 11.7 Å². The average molecular weight is 228 g/mol. The lowest BCUT2D eigenvalue weighted by atomic mass is 9.93. The van der Waals surface area contributed by atoms with Gasteiger partial charge in [0.1, 0.15) is 5.54 Å². The van der Waals surface area contributed by atoms with Gasteiger partial charge >= 0.3 is 0 Å². The molecule has 1 unspecified atom stereocenters. The molecule has 0 heterocycles. The molecule has 0 spiro atoms. The van der Waals surface area contributed by atoms with E-state index in [0.717, 1.165) is 25.8 Å². The van der Waals surface area contributed by atoms with Gasteiger partial charge < -0.3 is 15.8 Å². The second kappa shape index (κ2) is 5.64. The van der Waals surface area contributed by atoms with Crippen LogP contribution in [0.3, 0.4) is 0 Å². The molecule has 1 fully saturated rings. The highest BCUT2D eigenvalue weighted by Gasteiger charge is 2.49. The molecule has 0 aromatic heterocycles. The lowest BCUT2D eigenvalue weighted by Gasteiger charge is -2.32. The highest BCUT2D eigenvalue weighted by molar-refractivity contribution is 5.85. The average Bonchev–Trinajstić information content (AvgIpc) is 3.01. The summed E-state index contributed by atoms with van der Waals surface area (Å²) in [4.78, 5) is 11.7. The molecule has 3 N–H and O–H groups in total. The van der Waals surface area contributed by atoms with Crippen molar-refractivity contribution in [3.05, 3.63) is 0 Å². The van der Waals surface area contributed by atoms with E-state index in [2.05, 4.69) is 12.2 Å². The number of carbonyl (C=O) groups excluding carboxylic acids is 1. The molecule has 94 valence electrons. The van der Waals surface area contributed by atoms with E-state index in [9.17, 15) is 4.79 Å². The molecule has 0 aliphatic heterocycles. The van der Waals surface area contributed by atoms with Gasteiger partial charge in [0.05, 0.1) is 12.7 Å². The Morgan fingerprint density at radius 3 is 2.56 bits per heavy atom. The Balaban J connectivity index is 2.66.